The number of hydrogen-bond donors (Lipinski definition) is 1. The Bertz CT molecular complexity index is 546. The van der Waals surface area contributed by atoms with Crippen molar-refractivity contribution in [1.82, 2.24) is 5.32 Å². The van der Waals surface area contributed by atoms with Gasteiger partial charge in [0.25, 0.3) is 5.91 Å². The van der Waals surface area contributed by atoms with Gasteiger partial charge in [0.05, 0.1) is 5.69 Å². The smallest absolute Gasteiger partial charge is 0.253 e. The zero-order valence-corrected chi connectivity index (χ0v) is 13.1. The Balaban J connectivity index is 2.52. The highest BCUT2D eigenvalue weighted by atomic mass is 32.2. The van der Waals surface area contributed by atoms with E-state index in [4.69, 9.17) is 0 Å². The van der Waals surface area contributed by atoms with Gasteiger partial charge in [-0.15, -0.1) is 11.8 Å². The number of rotatable bonds is 3. The maximum absolute atomic E-state index is 12.8. The van der Waals surface area contributed by atoms with E-state index in [1.54, 1.807) is 30.5 Å². The summed E-state index contributed by atoms with van der Waals surface area (Å²) in [6.45, 7) is 5.46. The quantitative estimate of drug-likeness (QED) is 0.871. The number of thioether (sulfide) groups is 1. The number of piperazine rings is 1. The van der Waals surface area contributed by atoms with Crippen LogP contribution in [0.4, 0.5) is 5.69 Å². The van der Waals surface area contributed by atoms with Gasteiger partial charge in [-0.2, -0.15) is 0 Å². The van der Waals surface area contributed by atoms with Crippen LogP contribution in [-0.4, -0.2) is 29.7 Å². The van der Waals surface area contributed by atoms with Crippen LogP contribution in [0.15, 0.2) is 29.2 Å². The molecule has 2 atom stereocenters. The number of anilines is 1. The minimum atomic E-state index is -0.824. The van der Waals surface area contributed by atoms with E-state index in [9.17, 15) is 9.59 Å². The van der Waals surface area contributed by atoms with Gasteiger partial charge < -0.3 is 5.32 Å². The molecule has 1 fully saturated rings. The molecule has 2 rings (SSSR count). The normalized spacial score (nSPS) is 26.6. The summed E-state index contributed by atoms with van der Waals surface area (Å²) in [5.41, 5.74) is -0.0122. The molecule has 5 heteroatoms. The van der Waals surface area contributed by atoms with Crippen LogP contribution in [0.1, 0.15) is 27.2 Å². The van der Waals surface area contributed by atoms with Crippen LogP contribution in [0.3, 0.4) is 0 Å². The van der Waals surface area contributed by atoms with Crippen molar-refractivity contribution in [3.8, 4) is 0 Å². The third-order valence-electron chi connectivity index (χ3n) is 3.91. The molecule has 4 nitrogen and oxygen atoms in total. The first-order valence-electron chi connectivity index (χ1n) is 6.73. The van der Waals surface area contributed by atoms with Crippen LogP contribution in [0, 0.1) is 0 Å². The van der Waals surface area contributed by atoms with Gasteiger partial charge in [0.2, 0.25) is 5.91 Å². The summed E-state index contributed by atoms with van der Waals surface area (Å²) >= 11 is 1.58. The van der Waals surface area contributed by atoms with Crippen molar-refractivity contribution in [3.63, 3.8) is 0 Å². The maximum Gasteiger partial charge on any atom is 0.253 e. The lowest BCUT2D eigenvalue weighted by atomic mass is 9.92. The van der Waals surface area contributed by atoms with E-state index >= 15 is 0 Å². The van der Waals surface area contributed by atoms with Crippen LogP contribution in [0.2, 0.25) is 0 Å². The van der Waals surface area contributed by atoms with E-state index in [0.29, 0.717) is 6.42 Å². The van der Waals surface area contributed by atoms with E-state index in [0.717, 1.165) is 10.6 Å². The predicted molar refractivity (Wildman–Crippen MR) is 82.0 cm³/mol. The molecule has 1 heterocycles. The van der Waals surface area contributed by atoms with Gasteiger partial charge in [0.1, 0.15) is 11.6 Å². The number of nitrogens with zero attached hydrogens (tertiary/aromatic N) is 1. The molecule has 1 aliphatic heterocycles. The highest BCUT2D eigenvalue weighted by Gasteiger charge is 2.46. The molecule has 0 spiro atoms. The molecule has 1 aromatic carbocycles. The molecule has 2 amide bonds. The Labute approximate surface area is 123 Å². The van der Waals surface area contributed by atoms with Crippen LogP contribution in [0.5, 0.6) is 0 Å². The van der Waals surface area contributed by atoms with Crippen molar-refractivity contribution in [1.29, 1.82) is 0 Å². The van der Waals surface area contributed by atoms with Gasteiger partial charge in [-0.1, -0.05) is 19.1 Å². The standard InChI is InChI=1S/C15H20N2O2S/c1-5-15(3)14(19)17(10(2)13(18)16-15)11-8-6-7-9-12(11)20-4/h6-10H,5H2,1-4H3,(H,16,18). The van der Waals surface area contributed by atoms with Crippen molar-refractivity contribution in [2.45, 2.75) is 43.7 Å². The molecule has 1 N–H and O–H groups in total. The summed E-state index contributed by atoms with van der Waals surface area (Å²) in [5.74, 6) is -0.154. The zero-order chi connectivity index (χ0) is 14.9. The van der Waals surface area contributed by atoms with E-state index in [2.05, 4.69) is 5.32 Å². The van der Waals surface area contributed by atoms with Gasteiger partial charge >= 0.3 is 0 Å². The Kier molecular flexibility index (Phi) is 4.09. The molecule has 0 aliphatic carbocycles. The molecule has 1 aromatic rings. The second-order valence-corrected chi connectivity index (χ2v) is 6.05. The fourth-order valence-electron chi connectivity index (χ4n) is 2.38. The zero-order valence-electron chi connectivity index (χ0n) is 12.3. The third kappa shape index (κ3) is 2.30. The van der Waals surface area contributed by atoms with Gasteiger partial charge in [-0.25, -0.2) is 0 Å². The summed E-state index contributed by atoms with van der Waals surface area (Å²) in [5, 5.41) is 2.84. The second-order valence-electron chi connectivity index (χ2n) is 5.20. The van der Waals surface area contributed by atoms with E-state index in [1.165, 1.54) is 0 Å². The molecule has 0 bridgehead atoms. The van der Waals surface area contributed by atoms with Gasteiger partial charge in [-0.05, 0) is 38.7 Å². The predicted octanol–water partition coefficient (Wildman–Crippen LogP) is 2.43. The average Bonchev–Trinajstić information content (AvgIpc) is 2.46. The summed E-state index contributed by atoms with van der Waals surface area (Å²) in [7, 11) is 0. The molecule has 0 radical (unpaired) electrons. The lowest BCUT2D eigenvalue weighted by Crippen LogP contribution is -2.68. The van der Waals surface area contributed by atoms with Crippen LogP contribution in [0.25, 0.3) is 0 Å². The van der Waals surface area contributed by atoms with Crippen molar-refractivity contribution < 1.29 is 9.59 Å². The Morgan fingerprint density at radius 1 is 1.35 bits per heavy atom. The monoisotopic (exact) mass is 292 g/mol. The fourth-order valence-corrected chi connectivity index (χ4v) is 2.97. The number of carbonyl (C=O) groups is 2. The van der Waals surface area contributed by atoms with E-state index < -0.39 is 11.6 Å². The van der Waals surface area contributed by atoms with Gasteiger partial charge in [0.15, 0.2) is 0 Å². The largest absolute Gasteiger partial charge is 0.340 e. The SMILES string of the molecule is CCC1(C)NC(=O)C(C)N(c2ccccc2SC)C1=O. The highest BCUT2D eigenvalue weighted by Crippen LogP contribution is 2.33. The summed E-state index contributed by atoms with van der Waals surface area (Å²) in [6, 6.07) is 7.21. The fraction of sp³-hybridized carbons (Fsp3) is 0.467. The first-order chi connectivity index (χ1) is 9.44. The summed E-state index contributed by atoms with van der Waals surface area (Å²) in [6.07, 6.45) is 2.54. The van der Waals surface area contributed by atoms with Crippen LogP contribution in [-0.2, 0) is 9.59 Å². The van der Waals surface area contributed by atoms with E-state index in [1.807, 2.05) is 37.4 Å². The molecule has 2 unspecified atom stereocenters. The summed E-state index contributed by atoms with van der Waals surface area (Å²) in [4.78, 5) is 27.6. The number of benzene rings is 1. The van der Waals surface area contributed by atoms with Crippen molar-refractivity contribution in [2.75, 3.05) is 11.2 Å². The molecule has 0 aromatic heterocycles. The molecule has 0 saturated carbocycles. The number of nitrogens with one attached hydrogen (secondary N) is 1. The molecular formula is C15H20N2O2S. The Morgan fingerprint density at radius 2 is 2.00 bits per heavy atom. The first-order valence-corrected chi connectivity index (χ1v) is 7.95. The average molecular weight is 292 g/mol. The Hall–Kier alpha value is -1.49. The van der Waals surface area contributed by atoms with Crippen LogP contribution < -0.4 is 10.2 Å². The second kappa shape index (κ2) is 5.48. The lowest BCUT2D eigenvalue weighted by Gasteiger charge is -2.43. The number of para-hydroxylation sites is 1. The Morgan fingerprint density at radius 3 is 2.60 bits per heavy atom. The molecule has 108 valence electrons. The summed E-state index contributed by atoms with van der Waals surface area (Å²) < 4.78 is 0. The lowest BCUT2D eigenvalue weighted by molar-refractivity contribution is -0.137. The maximum atomic E-state index is 12.8. The number of hydrogen-bond acceptors (Lipinski definition) is 3. The minimum Gasteiger partial charge on any atom is -0.340 e. The molecule has 1 saturated heterocycles. The molecule has 1 aliphatic rings. The number of amides is 2. The minimum absolute atomic E-state index is 0.0476. The van der Waals surface area contributed by atoms with E-state index in [-0.39, 0.29) is 11.8 Å². The van der Waals surface area contributed by atoms with Crippen molar-refractivity contribution in [2.24, 2.45) is 0 Å². The van der Waals surface area contributed by atoms with Gasteiger partial charge in [-0.3, -0.25) is 14.5 Å². The first kappa shape index (κ1) is 14.9. The molecular weight excluding hydrogens is 272 g/mol. The van der Waals surface area contributed by atoms with Crippen molar-refractivity contribution >= 4 is 29.3 Å². The van der Waals surface area contributed by atoms with Crippen LogP contribution >= 0.6 is 11.8 Å². The highest BCUT2D eigenvalue weighted by molar-refractivity contribution is 7.98. The third-order valence-corrected chi connectivity index (χ3v) is 4.69. The molecule has 20 heavy (non-hydrogen) atoms. The van der Waals surface area contributed by atoms with Gasteiger partial charge in [0, 0.05) is 4.90 Å². The van der Waals surface area contributed by atoms with Crippen molar-refractivity contribution in [3.05, 3.63) is 24.3 Å². The topological polar surface area (TPSA) is 49.4 Å². The number of carbonyl (C=O) groups excluding carboxylic acids is 2.